The van der Waals surface area contributed by atoms with E-state index in [4.69, 9.17) is 22.1 Å². The third kappa shape index (κ3) is 10.5. The topological polar surface area (TPSA) is 163 Å². The van der Waals surface area contributed by atoms with Gasteiger partial charge in [-0.15, -0.1) is 0 Å². The predicted molar refractivity (Wildman–Crippen MR) is 248 cm³/mol. The van der Waals surface area contributed by atoms with E-state index in [2.05, 4.69) is 25.5 Å². The van der Waals surface area contributed by atoms with Gasteiger partial charge in [0.15, 0.2) is 0 Å². The molecule has 3 aliphatic heterocycles. The van der Waals surface area contributed by atoms with Crippen molar-refractivity contribution in [3.63, 3.8) is 0 Å². The van der Waals surface area contributed by atoms with Gasteiger partial charge in [-0.25, -0.2) is 14.8 Å². The number of carbonyl (C=O) groups excluding carboxylic acids is 4. The van der Waals surface area contributed by atoms with Crippen LogP contribution in [0.15, 0.2) is 48.5 Å². The number of aryl methyl sites for hydroxylation is 1. The second kappa shape index (κ2) is 19.7. The highest BCUT2D eigenvalue weighted by atomic mass is 35.5. The number of anilines is 3. The summed E-state index contributed by atoms with van der Waals surface area (Å²) in [5, 5.41) is 6.71. The lowest BCUT2D eigenvalue weighted by atomic mass is 9.77. The number of piperidine rings is 2. The molecule has 5 amide bonds. The Labute approximate surface area is 388 Å². The number of aromatic nitrogens is 2. The van der Waals surface area contributed by atoms with Crippen molar-refractivity contribution in [3.05, 3.63) is 81.6 Å². The van der Waals surface area contributed by atoms with Crippen LogP contribution in [0.3, 0.4) is 0 Å². The smallest absolute Gasteiger partial charge is 0.416 e. The molecule has 4 N–H and O–H groups in total. The largest absolute Gasteiger partial charge is 0.496 e. The summed E-state index contributed by atoms with van der Waals surface area (Å²) in [6, 6.07) is 11.4. The number of amides is 5. The van der Waals surface area contributed by atoms with E-state index in [0.717, 1.165) is 100 Å². The number of hydrogen-bond acceptors (Lipinski definition) is 9. The van der Waals surface area contributed by atoms with Crippen LogP contribution in [0.4, 0.5) is 35.2 Å². The molecule has 8 rings (SSSR count). The quantitative estimate of drug-likeness (QED) is 0.124. The molecule has 17 heteroatoms. The van der Waals surface area contributed by atoms with Crippen molar-refractivity contribution in [1.82, 2.24) is 25.1 Å². The number of nitrogen functional groups attached to an aromatic ring is 1. The Morgan fingerprint density at radius 1 is 0.894 bits per heavy atom. The maximum absolute atomic E-state index is 13.9. The first kappa shape index (κ1) is 46.9. The van der Waals surface area contributed by atoms with E-state index >= 15 is 0 Å². The summed E-state index contributed by atoms with van der Waals surface area (Å²) in [5.74, 6) is 2.75. The van der Waals surface area contributed by atoms with Crippen LogP contribution in [0.25, 0.3) is 10.9 Å². The number of urea groups is 1. The van der Waals surface area contributed by atoms with Crippen molar-refractivity contribution in [2.45, 2.75) is 103 Å². The number of rotatable bonds is 11. The van der Waals surface area contributed by atoms with Gasteiger partial charge in [0, 0.05) is 67.8 Å². The molecule has 0 radical (unpaired) electrons. The highest BCUT2D eigenvalue weighted by Crippen LogP contribution is 2.43. The lowest BCUT2D eigenvalue weighted by Gasteiger charge is -2.37. The van der Waals surface area contributed by atoms with Gasteiger partial charge in [-0.1, -0.05) is 24.4 Å². The zero-order valence-corrected chi connectivity index (χ0v) is 38.4. The first-order chi connectivity index (χ1) is 31.5. The van der Waals surface area contributed by atoms with E-state index in [1.54, 1.807) is 39.2 Å². The number of hydrogen-bond donors (Lipinski definition) is 3. The molecule has 3 saturated heterocycles. The number of likely N-dealkylation sites (tertiary alicyclic amines) is 2. The first-order valence-corrected chi connectivity index (χ1v) is 23.5. The third-order valence-corrected chi connectivity index (χ3v) is 14.5. The summed E-state index contributed by atoms with van der Waals surface area (Å²) in [6.45, 7) is 6.61. The standard InChI is InChI=1S/C49H58ClF3N8O5/c1-28(35-22-36(49(51,52)53)25-37(54)23-35)55-45-39-26-38(43(66-3)27-41(39)56-29(2)57-45)32-6-8-33(9-7-32)46(63)59-17-12-30(13-18-59)4-5-31-14-19-60(20-15-31)47(64)34-10-11-40(50)42(24-34)61-21-16-44(62)58-48(61)65/h10-11,22-28,30-33H,4-9,12-21,54H2,1-3H3,(H,55,56,57)(H,58,62,65)/t28-,32?,33?/m1/s1. The van der Waals surface area contributed by atoms with Crippen molar-refractivity contribution in [3.8, 4) is 5.75 Å². The van der Waals surface area contributed by atoms with Gasteiger partial charge in [0.1, 0.15) is 17.4 Å². The fourth-order valence-electron chi connectivity index (χ4n) is 10.4. The second-order valence-corrected chi connectivity index (χ2v) is 18.9. The molecule has 1 aliphatic carbocycles. The Kier molecular flexibility index (Phi) is 14.0. The number of methoxy groups -OCH3 is 1. The number of fused-ring (bicyclic) bond motifs is 1. The number of benzene rings is 3. The van der Waals surface area contributed by atoms with Gasteiger partial charge in [-0.05, 0) is 137 Å². The number of ether oxygens (including phenoxy) is 1. The van der Waals surface area contributed by atoms with Crippen LogP contribution < -0.4 is 26.0 Å². The average molecular weight is 932 g/mol. The Hall–Kier alpha value is -5.64. The van der Waals surface area contributed by atoms with E-state index in [9.17, 15) is 32.3 Å². The fraction of sp³-hybridized carbons (Fsp3) is 0.510. The van der Waals surface area contributed by atoms with Crippen LogP contribution in [-0.2, 0) is 15.8 Å². The molecule has 0 spiro atoms. The molecule has 4 aliphatic rings. The Bertz CT molecular complexity index is 2480. The Balaban J connectivity index is 0.805. The van der Waals surface area contributed by atoms with Crippen molar-refractivity contribution < 1.29 is 37.1 Å². The van der Waals surface area contributed by atoms with Gasteiger partial charge in [0.25, 0.3) is 5.91 Å². The molecule has 0 bridgehead atoms. The molecule has 4 fully saturated rings. The molecule has 3 aromatic carbocycles. The van der Waals surface area contributed by atoms with Gasteiger partial charge in [0.2, 0.25) is 11.8 Å². The second-order valence-electron chi connectivity index (χ2n) is 18.5. The lowest BCUT2D eigenvalue weighted by molar-refractivity contribution is -0.138. The van der Waals surface area contributed by atoms with Crippen LogP contribution >= 0.6 is 11.6 Å². The zero-order valence-electron chi connectivity index (χ0n) is 37.7. The summed E-state index contributed by atoms with van der Waals surface area (Å²) in [7, 11) is 1.63. The fourth-order valence-corrected chi connectivity index (χ4v) is 10.6. The molecule has 13 nitrogen and oxygen atoms in total. The van der Waals surface area contributed by atoms with E-state index in [0.29, 0.717) is 69.7 Å². The number of nitrogens with zero attached hydrogens (tertiary/aromatic N) is 5. The highest BCUT2D eigenvalue weighted by molar-refractivity contribution is 6.34. The van der Waals surface area contributed by atoms with Crippen LogP contribution in [0.1, 0.15) is 122 Å². The molecular weight excluding hydrogens is 873 g/mol. The van der Waals surface area contributed by atoms with Gasteiger partial charge in [-0.2, -0.15) is 13.2 Å². The summed E-state index contributed by atoms with van der Waals surface area (Å²) in [6.07, 6.45) is 4.86. The minimum atomic E-state index is -4.53. The molecule has 1 atom stereocenters. The Morgan fingerprint density at radius 3 is 2.20 bits per heavy atom. The predicted octanol–water partition coefficient (Wildman–Crippen LogP) is 9.67. The monoisotopic (exact) mass is 930 g/mol. The van der Waals surface area contributed by atoms with Crippen molar-refractivity contribution in [2.24, 2.45) is 17.8 Å². The minimum absolute atomic E-state index is 0.0292. The first-order valence-electron chi connectivity index (χ1n) is 23.1. The molecule has 0 unspecified atom stereocenters. The summed E-state index contributed by atoms with van der Waals surface area (Å²) in [5.41, 5.74) is 8.02. The van der Waals surface area contributed by atoms with Crippen LogP contribution in [0, 0.1) is 24.7 Å². The van der Waals surface area contributed by atoms with Crippen LogP contribution in [0.2, 0.25) is 5.02 Å². The Morgan fingerprint density at radius 2 is 1.56 bits per heavy atom. The number of carbonyl (C=O) groups is 4. The summed E-state index contributed by atoms with van der Waals surface area (Å²) >= 11 is 6.41. The van der Waals surface area contributed by atoms with Crippen molar-refractivity contribution in [1.29, 1.82) is 0 Å². The van der Waals surface area contributed by atoms with Gasteiger partial charge >= 0.3 is 12.2 Å². The van der Waals surface area contributed by atoms with Crippen molar-refractivity contribution in [2.75, 3.05) is 55.8 Å². The minimum Gasteiger partial charge on any atom is -0.496 e. The van der Waals surface area contributed by atoms with E-state index in [1.807, 2.05) is 17.0 Å². The SMILES string of the molecule is COc1cc2nc(C)nc(N[C@H](C)c3cc(N)cc(C(F)(F)F)c3)c2cc1C1CCC(C(=O)N2CCC(CCC3CCN(C(=O)c4ccc(Cl)c(N5CCC(=O)NC5=O)c4)CC3)CC2)CC1. The normalized spacial score (nSPS) is 20.6. The maximum Gasteiger partial charge on any atom is 0.416 e. The van der Waals surface area contributed by atoms with E-state index in [1.165, 1.54) is 11.0 Å². The van der Waals surface area contributed by atoms with Gasteiger partial charge < -0.3 is 25.6 Å². The molecule has 1 aromatic heterocycles. The summed E-state index contributed by atoms with van der Waals surface area (Å²) < 4.78 is 46.7. The van der Waals surface area contributed by atoms with Crippen molar-refractivity contribution >= 4 is 63.4 Å². The van der Waals surface area contributed by atoms with Gasteiger partial charge in [0.05, 0.1) is 34.9 Å². The molecule has 4 aromatic rings. The van der Waals surface area contributed by atoms with Crippen LogP contribution in [-0.4, -0.2) is 83.4 Å². The molecule has 4 heterocycles. The lowest BCUT2D eigenvalue weighted by Crippen LogP contribution is -2.49. The van der Waals surface area contributed by atoms with Gasteiger partial charge in [-0.3, -0.25) is 24.6 Å². The maximum atomic E-state index is 13.9. The number of nitrogens with one attached hydrogen (secondary N) is 2. The summed E-state index contributed by atoms with van der Waals surface area (Å²) in [4.78, 5) is 66.1. The molecule has 352 valence electrons. The highest BCUT2D eigenvalue weighted by Gasteiger charge is 2.35. The number of imide groups is 1. The zero-order chi connectivity index (χ0) is 46.9. The molecule has 66 heavy (non-hydrogen) atoms. The molecular formula is C49H58ClF3N8O5. The van der Waals surface area contributed by atoms with Crippen LogP contribution in [0.5, 0.6) is 5.75 Å². The van der Waals surface area contributed by atoms with E-state index < -0.39 is 23.8 Å². The number of alkyl halides is 3. The molecule has 1 saturated carbocycles. The van der Waals surface area contributed by atoms with E-state index in [-0.39, 0.29) is 48.2 Å². The number of nitrogens with two attached hydrogens (primary N) is 1. The number of halogens is 4. The average Bonchev–Trinajstić information content (AvgIpc) is 3.30. The third-order valence-electron chi connectivity index (χ3n) is 14.2.